The fourth-order valence-electron chi connectivity index (χ4n) is 3.83. The Hall–Kier alpha value is -3.75. The van der Waals surface area contributed by atoms with Crippen molar-refractivity contribution >= 4 is 15.9 Å². The Balaban J connectivity index is 1.31. The number of sulfonamides is 1. The lowest BCUT2D eigenvalue weighted by Crippen LogP contribution is -2.26. The molecule has 1 saturated carbocycles. The van der Waals surface area contributed by atoms with Crippen LogP contribution in [-0.4, -0.2) is 30.1 Å². The lowest BCUT2D eigenvalue weighted by molar-refractivity contribution is 0.0951. The standard InChI is InChI=1S/C27H26N4O3S/c32-27(22-11-15-25(16-12-22)35(33,34)30-24-13-14-24)28-17-23-19-31(18-20-7-3-1-4-8-20)29-26(23)21-9-5-2-6-10-21/h1-12,15-16,19,24,30H,13-14,17-18H2,(H,28,32). The van der Waals surface area contributed by atoms with Gasteiger partial charge in [0.05, 0.1) is 17.1 Å². The van der Waals surface area contributed by atoms with Gasteiger partial charge >= 0.3 is 0 Å². The summed E-state index contributed by atoms with van der Waals surface area (Å²) in [6.07, 6.45) is 3.69. The fraction of sp³-hybridized carbons (Fsp3) is 0.185. The summed E-state index contributed by atoms with van der Waals surface area (Å²) in [6.45, 7) is 0.917. The normalized spacial score (nSPS) is 13.5. The minimum atomic E-state index is -3.55. The van der Waals surface area contributed by atoms with Crippen LogP contribution >= 0.6 is 0 Å². The van der Waals surface area contributed by atoms with Crippen LogP contribution in [0.5, 0.6) is 0 Å². The van der Waals surface area contributed by atoms with Crippen LogP contribution in [0, 0.1) is 0 Å². The predicted octanol–water partition coefficient (Wildman–Crippen LogP) is 3.97. The van der Waals surface area contributed by atoms with Crippen LogP contribution in [0.4, 0.5) is 0 Å². The molecular formula is C27H26N4O3S. The van der Waals surface area contributed by atoms with Gasteiger partial charge in [0, 0.05) is 35.5 Å². The molecular weight excluding hydrogens is 460 g/mol. The van der Waals surface area contributed by atoms with Crippen molar-refractivity contribution in [3.05, 3.63) is 108 Å². The first kappa shape index (κ1) is 23.0. The molecule has 7 nitrogen and oxygen atoms in total. The lowest BCUT2D eigenvalue weighted by Gasteiger charge is -2.08. The number of aromatic nitrogens is 2. The molecule has 0 unspecified atom stereocenters. The number of nitrogens with one attached hydrogen (secondary N) is 2. The highest BCUT2D eigenvalue weighted by molar-refractivity contribution is 7.89. The van der Waals surface area contributed by atoms with Gasteiger partial charge in [0.15, 0.2) is 0 Å². The van der Waals surface area contributed by atoms with E-state index in [9.17, 15) is 13.2 Å². The summed E-state index contributed by atoms with van der Waals surface area (Å²) in [7, 11) is -3.55. The third-order valence-corrected chi connectivity index (χ3v) is 7.37. The molecule has 0 aliphatic heterocycles. The Bertz CT molecular complexity index is 1410. The Morgan fingerprint density at radius 2 is 1.57 bits per heavy atom. The fourth-order valence-corrected chi connectivity index (χ4v) is 5.14. The van der Waals surface area contributed by atoms with Crippen molar-refractivity contribution in [2.45, 2.75) is 36.9 Å². The van der Waals surface area contributed by atoms with Crippen molar-refractivity contribution < 1.29 is 13.2 Å². The second kappa shape index (κ2) is 9.85. The number of hydrogen-bond acceptors (Lipinski definition) is 4. The Morgan fingerprint density at radius 3 is 2.23 bits per heavy atom. The van der Waals surface area contributed by atoms with E-state index in [1.165, 1.54) is 24.3 Å². The van der Waals surface area contributed by atoms with E-state index in [1.54, 1.807) is 0 Å². The zero-order valence-corrected chi connectivity index (χ0v) is 19.9. The number of amides is 1. The van der Waals surface area contributed by atoms with E-state index in [2.05, 4.69) is 22.2 Å². The Morgan fingerprint density at radius 1 is 0.914 bits per heavy atom. The largest absolute Gasteiger partial charge is 0.348 e. The van der Waals surface area contributed by atoms with E-state index in [1.807, 2.05) is 59.4 Å². The average molecular weight is 487 g/mol. The molecule has 0 saturated heterocycles. The van der Waals surface area contributed by atoms with Gasteiger partial charge in [0.1, 0.15) is 0 Å². The van der Waals surface area contributed by atoms with Crippen molar-refractivity contribution in [3.63, 3.8) is 0 Å². The van der Waals surface area contributed by atoms with Crippen LogP contribution < -0.4 is 10.0 Å². The number of carbonyl (C=O) groups excluding carboxylic acids is 1. The smallest absolute Gasteiger partial charge is 0.251 e. The number of carbonyl (C=O) groups is 1. The van der Waals surface area contributed by atoms with Gasteiger partial charge in [0.25, 0.3) is 5.91 Å². The van der Waals surface area contributed by atoms with Crippen molar-refractivity contribution in [3.8, 4) is 11.3 Å². The van der Waals surface area contributed by atoms with E-state index >= 15 is 0 Å². The summed E-state index contributed by atoms with van der Waals surface area (Å²) in [5.41, 5.74) is 4.22. The maximum absolute atomic E-state index is 12.8. The molecule has 1 aliphatic rings. The highest BCUT2D eigenvalue weighted by atomic mass is 32.2. The summed E-state index contributed by atoms with van der Waals surface area (Å²) < 4.78 is 29.2. The Labute approximate surface area is 204 Å². The minimum absolute atomic E-state index is 0.0320. The third kappa shape index (κ3) is 5.67. The molecule has 1 aliphatic carbocycles. The molecule has 35 heavy (non-hydrogen) atoms. The summed E-state index contributed by atoms with van der Waals surface area (Å²) >= 11 is 0. The number of nitrogens with zero attached hydrogens (tertiary/aromatic N) is 2. The van der Waals surface area contributed by atoms with Gasteiger partial charge in [-0.05, 0) is 42.7 Å². The maximum atomic E-state index is 12.8. The summed E-state index contributed by atoms with van der Waals surface area (Å²) in [5.74, 6) is -0.279. The molecule has 8 heteroatoms. The Kier molecular flexibility index (Phi) is 6.48. The molecule has 3 aromatic carbocycles. The number of hydrogen-bond donors (Lipinski definition) is 2. The lowest BCUT2D eigenvalue weighted by atomic mass is 10.1. The maximum Gasteiger partial charge on any atom is 0.251 e. The molecule has 178 valence electrons. The molecule has 0 bridgehead atoms. The first-order chi connectivity index (χ1) is 17.0. The van der Waals surface area contributed by atoms with E-state index in [4.69, 9.17) is 5.10 Å². The molecule has 1 amide bonds. The van der Waals surface area contributed by atoms with Gasteiger partial charge in [-0.3, -0.25) is 9.48 Å². The minimum Gasteiger partial charge on any atom is -0.348 e. The van der Waals surface area contributed by atoms with Crippen molar-refractivity contribution in [1.29, 1.82) is 0 Å². The van der Waals surface area contributed by atoms with Crippen LogP contribution in [0.25, 0.3) is 11.3 Å². The molecule has 1 fully saturated rings. The highest BCUT2D eigenvalue weighted by Gasteiger charge is 2.28. The summed E-state index contributed by atoms with van der Waals surface area (Å²) in [6, 6.07) is 26.0. The first-order valence-electron chi connectivity index (χ1n) is 11.5. The predicted molar refractivity (Wildman–Crippen MR) is 134 cm³/mol. The van der Waals surface area contributed by atoms with Crippen molar-refractivity contribution in [1.82, 2.24) is 19.8 Å². The van der Waals surface area contributed by atoms with Crippen LogP contribution in [0.2, 0.25) is 0 Å². The second-order valence-electron chi connectivity index (χ2n) is 8.65. The third-order valence-electron chi connectivity index (χ3n) is 5.84. The topological polar surface area (TPSA) is 93.1 Å². The van der Waals surface area contributed by atoms with Gasteiger partial charge in [-0.2, -0.15) is 5.10 Å². The van der Waals surface area contributed by atoms with E-state index in [0.717, 1.165) is 35.2 Å². The monoisotopic (exact) mass is 486 g/mol. The summed E-state index contributed by atoms with van der Waals surface area (Å²) in [5, 5.41) is 7.73. The zero-order chi connectivity index (χ0) is 24.3. The molecule has 1 heterocycles. The molecule has 0 spiro atoms. The van der Waals surface area contributed by atoms with Crippen LogP contribution in [0.15, 0.2) is 96.0 Å². The SMILES string of the molecule is O=C(NCc1cn(Cc2ccccc2)nc1-c1ccccc1)c1ccc(S(=O)(=O)NC2CC2)cc1. The van der Waals surface area contributed by atoms with Crippen molar-refractivity contribution in [2.75, 3.05) is 0 Å². The van der Waals surface area contributed by atoms with Gasteiger partial charge < -0.3 is 5.32 Å². The van der Waals surface area contributed by atoms with Crippen LogP contribution in [0.1, 0.15) is 34.3 Å². The number of rotatable bonds is 9. The van der Waals surface area contributed by atoms with E-state index < -0.39 is 10.0 Å². The molecule has 5 rings (SSSR count). The molecule has 0 radical (unpaired) electrons. The van der Waals surface area contributed by atoms with Gasteiger partial charge in [-0.25, -0.2) is 13.1 Å². The molecule has 1 aromatic heterocycles. The quantitative estimate of drug-likeness (QED) is 0.374. The summed E-state index contributed by atoms with van der Waals surface area (Å²) in [4.78, 5) is 13.0. The van der Waals surface area contributed by atoms with E-state index in [0.29, 0.717) is 18.7 Å². The van der Waals surface area contributed by atoms with Crippen molar-refractivity contribution in [2.24, 2.45) is 0 Å². The molecule has 0 atom stereocenters. The average Bonchev–Trinajstić information content (AvgIpc) is 3.60. The van der Waals surface area contributed by atoms with E-state index in [-0.39, 0.29) is 16.8 Å². The van der Waals surface area contributed by atoms with Gasteiger partial charge in [0.2, 0.25) is 10.0 Å². The van der Waals surface area contributed by atoms with Gasteiger partial charge in [-0.15, -0.1) is 0 Å². The number of benzene rings is 3. The van der Waals surface area contributed by atoms with Crippen LogP contribution in [-0.2, 0) is 23.1 Å². The zero-order valence-electron chi connectivity index (χ0n) is 19.1. The van der Waals surface area contributed by atoms with Crippen LogP contribution in [0.3, 0.4) is 0 Å². The highest BCUT2D eigenvalue weighted by Crippen LogP contribution is 2.24. The molecule has 2 N–H and O–H groups in total. The van der Waals surface area contributed by atoms with Gasteiger partial charge in [-0.1, -0.05) is 60.7 Å². The first-order valence-corrected chi connectivity index (χ1v) is 13.0. The second-order valence-corrected chi connectivity index (χ2v) is 10.4. The molecule has 4 aromatic rings.